The molecule has 1 aromatic heterocycles. The highest BCUT2D eigenvalue weighted by atomic mass is 32.1. The van der Waals surface area contributed by atoms with E-state index < -0.39 is 5.97 Å². The molecule has 0 fully saturated rings. The van der Waals surface area contributed by atoms with Crippen molar-refractivity contribution in [1.29, 1.82) is 0 Å². The van der Waals surface area contributed by atoms with Crippen LogP contribution in [0.5, 0.6) is 0 Å². The van der Waals surface area contributed by atoms with Crippen LogP contribution in [-0.4, -0.2) is 34.9 Å². The number of aromatic nitrogens is 1. The zero-order valence-electron chi connectivity index (χ0n) is 9.06. The highest BCUT2D eigenvalue weighted by Gasteiger charge is 2.23. The molecule has 1 aromatic rings. The summed E-state index contributed by atoms with van der Waals surface area (Å²) >= 11 is 1.00. The number of carboxylic acid groups (broad SMARTS) is 1. The van der Waals surface area contributed by atoms with Gasteiger partial charge in [-0.15, -0.1) is 0 Å². The van der Waals surface area contributed by atoms with Crippen LogP contribution in [-0.2, 0) is 4.79 Å². The molecule has 0 radical (unpaired) electrons. The van der Waals surface area contributed by atoms with Crippen molar-refractivity contribution in [3.05, 3.63) is 11.3 Å². The lowest BCUT2D eigenvalue weighted by Gasteiger charge is -2.15. The summed E-state index contributed by atoms with van der Waals surface area (Å²) in [6.07, 6.45) is 0.187. The number of nitrogens with two attached hydrogens (primary N) is 1. The minimum atomic E-state index is -1.08. The number of anilines is 1. The average molecular weight is 243 g/mol. The number of aromatic carboxylic acids is 1. The maximum atomic E-state index is 11.6. The van der Waals surface area contributed by atoms with Crippen LogP contribution < -0.4 is 10.6 Å². The fourth-order valence-electron chi connectivity index (χ4n) is 1.24. The average Bonchev–Trinajstić information content (AvgIpc) is 2.59. The third-order valence-electron chi connectivity index (χ3n) is 2.10. The first-order chi connectivity index (χ1) is 7.49. The molecule has 16 heavy (non-hydrogen) atoms. The van der Waals surface area contributed by atoms with Crippen LogP contribution in [0.25, 0.3) is 0 Å². The highest BCUT2D eigenvalue weighted by Crippen LogP contribution is 2.27. The Bertz CT molecular complexity index is 416. The predicted octanol–water partition coefficient (Wildman–Crippen LogP) is 0.461. The van der Waals surface area contributed by atoms with Gasteiger partial charge in [-0.1, -0.05) is 0 Å². The summed E-state index contributed by atoms with van der Waals surface area (Å²) in [6, 6.07) is 0. The molecule has 1 rings (SSSR count). The summed E-state index contributed by atoms with van der Waals surface area (Å²) in [4.78, 5) is 23.8. The summed E-state index contributed by atoms with van der Waals surface area (Å²) in [5, 5.41) is 9.35. The SMILES string of the molecule is Cc1nsc(N(C)C(=O)CCN)c1C(=O)O. The highest BCUT2D eigenvalue weighted by molar-refractivity contribution is 7.11. The summed E-state index contributed by atoms with van der Waals surface area (Å²) in [5.74, 6) is -1.29. The van der Waals surface area contributed by atoms with Crippen molar-refractivity contribution in [2.24, 2.45) is 5.73 Å². The smallest absolute Gasteiger partial charge is 0.340 e. The molecule has 7 heteroatoms. The summed E-state index contributed by atoms with van der Waals surface area (Å²) < 4.78 is 3.94. The molecular formula is C9H13N3O3S. The zero-order chi connectivity index (χ0) is 12.3. The van der Waals surface area contributed by atoms with E-state index in [0.29, 0.717) is 10.7 Å². The summed E-state index contributed by atoms with van der Waals surface area (Å²) in [7, 11) is 1.53. The number of hydrogen-bond donors (Lipinski definition) is 2. The Kier molecular flexibility index (Phi) is 3.97. The van der Waals surface area contributed by atoms with Gasteiger partial charge in [0.25, 0.3) is 0 Å². The van der Waals surface area contributed by atoms with E-state index in [1.807, 2.05) is 0 Å². The number of carboxylic acids is 1. The van der Waals surface area contributed by atoms with Crippen LogP contribution in [0.4, 0.5) is 5.00 Å². The topological polar surface area (TPSA) is 96.5 Å². The predicted molar refractivity (Wildman–Crippen MR) is 60.9 cm³/mol. The second kappa shape index (κ2) is 5.04. The van der Waals surface area contributed by atoms with Gasteiger partial charge in [0.15, 0.2) is 0 Å². The Morgan fingerprint density at radius 3 is 2.69 bits per heavy atom. The first kappa shape index (κ1) is 12.6. The normalized spacial score (nSPS) is 10.2. The third-order valence-corrected chi connectivity index (χ3v) is 3.11. The van der Waals surface area contributed by atoms with Gasteiger partial charge in [0.05, 0.1) is 5.69 Å². The molecule has 1 amide bonds. The van der Waals surface area contributed by atoms with Gasteiger partial charge in [0, 0.05) is 20.0 Å². The van der Waals surface area contributed by atoms with Crippen LogP contribution in [0, 0.1) is 6.92 Å². The summed E-state index contributed by atoms with van der Waals surface area (Å²) in [6.45, 7) is 1.84. The molecule has 3 N–H and O–H groups in total. The first-order valence-corrected chi connectivity index (χ1v) is 5.42. The van der Waals surface area contributed by atoms with E-state index in [1.54, 1.807) is 6.92 Å². The third kappa shape index (κ3) is 2.37. The van der Waals surface area contributed by atoms with Gasteiger partial charge < -0.3 is 15.7 Å². The molecule has 0 spiro atoms. The minimum absolute atomic E-state index is 0.0814. The van der Waals surface area contributed by atoms with Crippen molar-refractivity contribution < 1.29 is 14.7 Å². The molecule has 6 nitrogen and oxygen atoms in total. The quantitative estimate of drug-likeness (QED) is 0.800. The van der Waals surface area contributed by atoms with Gasteiger partial charge >= 0.3 is 5.97 Å². The van der Waals surface area contributed by atoms with Gasteiger partial charge in [0.1, 0.15) is 10.6 Å². The molecule has 0 aliphatic carbocycles. The number of aryl methyl sites for hydroxylation is 1. The molecule has 0 aliphatic rings. The largest absolute Gasteiger partial charge is 0.478 e. The minimum Gasteiger partial charge on any atom is -0.478 e. The second-order valence-electron chi connectivity index (χ2n) is 3.24. The lowest BCUT2D eigenvalue weighted by atomic mass is 10.2. The standard InChI is InChI=1S/C9H13N3O3S/c1-5-7(9(14)15)8(16-11-5)12(2)6(13)3-4-10/h3-4,10H2,1-2H3,(H,14,15). The van der Waals surface area contributed by atoms with Gasteiger partial charge in [0.2, 0.25) is 5.91 Å². The van der Waals surface area contributed by atoms with Crippen molar-refractivity contribution in [1.82, 2.24) is 4.37 Å². The van der Waals surface area contributed by atoms with Gasteiger partial charge in [-0.2, -0.15) is 4.37 Å². The molecular weight excluding hydrogens is 230 g/mol. The number of carbonyl (C=O) groups is 2. The second-order valence-corrected chi connectivity index (χ2v) is 4.00. The van der Waals surface area contributed by atoms with Crippen LogP contribution in [0.3, 0.4) is 0 Å². The lowest BCUT2D eigenvalue weighted by Crippen LogP contribution is -2.28. The van der Waals surface area contributed by atoms with Crippen LogP contribution in [0.15, 0.2) is 0 Å². The molecule has 0 saturated heterocycles. The Morgan fingerprint density at radius 2 is 2.19 bits per heavy atom. The van der Waals surface area contributed by atoms with Crippen molar-refractivity contribution in [2.45, 2.75) is 13.3 Å². The first-order valence-electron chi connectivity index (χ1n) is 4.65. The van der Waals surface area contributed by atoms with E-state index >= 15 is 0 Å². The molecule has 88 valence electrons. The van der Waals surface area contributed by atoms with E-state index in [4.69, 9.17) is 10.8 Å². The van der Waals surface area contributed by atoms with Crippen LogP contribution in [0.2, 0.25) is 0 Å². The number of amides is 1. The maximum Gasteiger partial charge on any atom is 0.340 e. The maximum absolute atomic E-state index is 11.6. The molecule has 0 saturated carbocycles. The van der Waals surface area contributed by atoms with Gasteiger partial charge in [-0.05, 0) is 18.5 Å². The number of hydrogen-bond acceptors (Lipinski definition) is 5. The van der Waals surface area contributed by atoms with E-state index in [-0.39, 0.29) is 24.4 Å². The van der Waals surface area contributed by atoms with Gasteiger partial charge in [-0.25, -0.2) is 4.79 Å². The molecule has 0 bridgehead atoms. The van der Waals surface area contributed by atoms with E-state index in [0.717, 1.165) is 11.5 Å². The monoisotopic (exact) mass is 243 g/mol. The number of carbonyl (C=O) groups excluding carboxylic acids is 1. The molecule has 0 atom stereocenters. The molecule has 0 unspecified atom stereocenters. The fraction of sp³-hybridized carbons (Fsp3) is 0.444. The molecule has 1 heterocycles. The Hall–Kier alpha value is -1.47. The molecule has 0 aliphatic heterocycles. The zero-order valence-corrected chi connectivity index (χ0v) is 9.87. The van der Waals surface area contributed by atoms with Crippen LogP contribution >= 0.6 is 11.5 Å². The Labute approximate surface area is 96.8 Å². The van der Waals surface area contributed by atoms with Crippen molar-refractivity contribution in [2.75, 3.05) is 18.5 Å². The van der Waals surface area contributed by atoms with E-state index in [9.17, 15) is 9.59 Å². The van der Waals surface area contributed by atoms with E-state index in [1.165, 1.54) is 11.9 Å². The Balaban J connectivity index is 3.04. The van der Waals surface area contributed by atoms with Crippen molar-refractivity contribution in [3.63, 3.8) is 0 Å². The Morgan fingerprint density at radius 1 is 1.56 bits per heavy atom. The fourth-order valence-corrected chi connectivity index (χ4v) is 2.10. The molecule has 0 aromatic carbocycles. The van der Waals surface area contributed by atoms with Crippen molar-refractivity contribution in [3.8, 4) is 0 Å². The lowest BCUT2D eigenvalue weighted by molar-refractivity contribution is -0.118. The summed E-state index contributed by atoms with van der Waals surface area (Å²) in [5.41, 5.74) is 5.77. The van der Waals surface area contributed by atoms with E-state index in [2.05, 4.69) is 4.37 Å². The van der Waals surface area contributed by atoms with Crippen LogP contribution in [0.1, 0.15) is 22.5 Å². The van der Waals surface area contributed by atoms with Gasteiger partial charge in [-0.3, -0.25) is 4.79 Å². The number of nitrogens with zero attached hydrogens (tertiary/aromatic N) is 2. The number of rotatable bonds is 4. The van der Waals surface area contributed by atoms with Crippen molar-refractivity contribution >= 4 is 28.4 Å².